The smallest absolute Gasteiger partial charge is 0.115 e. The highest BCUT2D eigenvalue weighted by Gasteiger charge is 2.28. The Morgan fingerprint density at radius 1 is 1.38 bits per heavy atom. The first-order chi connectivity index (χ1) is 11.2. The highest BCUT2D eigenvalue weighted by atomic mass is 16.3. The van der Waals surface area contributed by atoms with Crippen LogP contribution < -0.4 is 0 Å². The molecular formula is C23H36O. The van der Waals surface area contributed by atoms with E-state index in [1.54, 1.807) is 0 Å². The fourth-order valence-corrected chi connectivity index (χ4v) is 3.18. The van der Waals surface area contributed by atoms with E-state index in [2.05, 4.69) is 66.0 Å². The third kappa shape index (κ3) is 6.19. The minimum atomic E-state index is 0.148. The number of aliphatic hydroxyl groups is 1. The van der Waals surface area contributed by atoms with Crippen molar-refractivity contribution in [3.05, 3.63) is 59.4 Å². The number of allylic oxidation sites excluding steroid dienone is 6. The molecule has 0 saturated heterocycles. The molecule has 1 rings (SSSR count). The average molecular weight is 329 g/mol. The van der Waals surface area contributed by atoms with Crippen LogP contribution in [0, 0.1) is 11.3 Å². The molecular weight excluding hydrogens is 292 g/mol. The van der Waals surface area contributed by atoms with E-state index in [0.29, 0.717) is 0 Å². The number of hydrogen-bond acceptors (Lipinski definition) is 1. The molecule has 0 heterocycles. The van der Waals surface area contributed by atoms with Crippen molar-refractivity contribution in [1.82, 2.24) is 0 Å². The van der Waals surface area contributed by atoms with Crippen molar-refractivity contribution in [3.8, 4) is 0 Å². The third-order valence-electron chi connectivity index (χ3n) is 5.08. The topological polar surface area (TPSA) is 20.2 Å². The molecule has 0 aromatic heterocycles. The number of hydrogen-bond donors (Lipinski definition) is 1. The summed E-state index contributed by atoms with van der Waals surface area (Å²) in [6.07, 6.45) is 13.1. The van der Waals surface area contributed by atoms with Gasteiger partial charge >= 0.3 is 0 Å². The fraction of sp³-hybridized carbons (Fsp3) is 0.565. The number of aliphatic hydroxyl groups excluding tert-OH is 1. The molecule has 0 saturated carbocycles. The standard InChI is InChI=1S/C23H36O/c1-8-18(4)11-12-19(5)22-16-23(7,14-9-10-17(2)3)15-13-21(22)20(6)24/h11,13,15,17,24H,5-6,8-10,12,14,16H2,1-4,7H3/b18-11+. The van der Waals surface area contributed by atoms with Gasteiger partial charge in [-0.3, -0.25) is 0 Å². The second kappa shape index (κ2) is 9.11. The molecule has 1 unspecified atom stereocenters. The van der Waals surface area contributed by atoms with E-state index in [0.717, 1.165) is 36.3 Å². The molecule has 1 aliphatic rings. The van der Waals surface area contributed by atoms with Crippen molar-refractivity contribution in [2.45, 2.75) is 73.1 Å². The third-order valence-corrected chi connectivity index (χ3v) is 5.08. The van der Waals surface area contributed by atoms with Gasteiger partial charge in [-0.2, -0.15) is 0 Å². The molecule has 0 bridgehead atoms. The molecule has 0 aromatic rings. The normalized spacial score (nSPS) is 21.5. The van der Waals surface area contributed by atoms with E-state index in [-0.39, 0.29) is 11.2 Å². The summed E-state index contributed by atoms with van der Waals surface area (Å²) >= 11 is 0. The van der Waals surface area contributed by atoms with E-state index in [9.17, 15) is 5.11 Å². The van der Waals surface area contributed by atoms with Crippen LogP contribution >= 0.6 is 0 Å². The lowest BCUT2D eigenvalue weighted by Gasteiger charge is -2.33. The summed E-state index contributed by atoms with van der Waals surface area (Å²) in [4.78, 5) is 0. The minimum Gasteiger partial charge on any atom is -0.508 e. The Bertz CT molecular complexity index is 557. The molecule has 1 aliphatic carbocycles. The summed E-state index contributed by atoms with van der Waals surface area (Å²) in [5, 5.41) is 9.98. The van der Waals surface area contributed by atoms with Gasteiger partial charge < -0.3 is 5.11 Å². The van der Waals surface area contributed by atoms with Gasteiger partial charge in [-0.15, -0.1) is 0 Å². The maximum Gasteiger partial charge on any atom is 0.115 e. The summed E-state index contributed by atoms with van der Waals surface area (Å²) in [7, 11) is 0. The van der Waals surface area contributed by atoms with Crippen molar-refractivity contribution < 1.29 is 5.11 Å². The molecule has 1 heteroatoms. The largest absolute Gasteiger partial charge is 0.508 e. The molecule has 134 valence electrons. The average Bonchev–Trinajstić information content (AvgIpc) is 2.51. The maximum atomic E-state index is 9.98. The monoisotopic (exact) mass is 328 g/mol. The molecule has 0 amide bonds. The summed E-state index contributed by atoms with van der Waals surface area (Å²) in [6, 6.07) is 0. The van der Waals surface area contributed by atoms with Crippen LogP contribution in [0.5, 0.6) is 0 Å². The van der Waals surface area contributed by atoms with Crippen LogP contribution in [0.1, 0.15) is 73.1 Å². The molecule has 0 radical (unpaired) electrons. The highest BCUT2D eigenvalue weighted by Crippen LogP contribution is 2.42. The Morgan fingerprint density at radius 2 is 2.04 bits per heavy atom. The first-order valence-electron chi connectivity index (χ1n) is 9.33. The SMILES string of the molecule is C=C(O)C1=C(C(=C)C/C=C(\C)CC)CC(C)(CCCC(C)C)C=C1. The molecule has 1 nitrogen and oxygen atoms in total. The van der Waals surface area contributed by atoms with Crippen molar-refractivity contribution in [1.29, 1.82) is 0 Å². The second-order valence-electron chi connectivity index (χ2n) is 8.00. The van der Waals surface area contributed by atoms with Gasteiger partial charge in [0.1, 0.15) is 5.76 Å². The van der Waals surface area contributed by atoms with Crippen LogP contribution in [-0.4, -0.2) is 5.11 Å². The maximum absolute atomic E-state index is 9.98. The Balaban J connectivity index is 2.93. The van der Waals surface area contributed by atoms with Gasteiger partial charge in [0.25, 0.3) is 0 Å². The summed E-state index contributed by atoms with van der Waals surface area (Å²) < 4.78 is 0. The second-order valence-corrected chi connectivity index (χ2v) is 8.00. The minimum absolute atomic E-state index is 0.148. The van der Waals surface area contributed by atoms with Crippen molar-refractivity contribution in [2.24, 2.45) is 11.3 Å². The van der Waals surface area contributed by atoms with E-state index >= 15 is 0 Å². The molecule has 0 fully saturated rings. The molecule has 0 spiro atoms. The van der Waals surface area contributed by atoms with Crippen LogP contribution in [0.2, 0.25) is 0 Å². The van der Waals surface area contributed by atoms with Crippen LogP contribution in [0.15, 0.2) is 59.4 Å². The van der Waals surface area contributed by atoms with Gasteiger partial charge in [0.15, 0.2) is 0 Å². The van der Waals surface area contributed by atoms with Crippen molar-refractivity contribution >= 4 is 0 Å². The zero-order valence-electron chi connectivity index (χ0n) is 16.4. The molecule has 1 N–H and O–H groups in total. The van der Waals surface area contributed by atoms with E-state index in [1.165, 1.54) is 30.4 Å². The van der Waals surface area contributed by atoms with Gasteiger partial charge in [0.2, 0.25) is 0 Å². The summed E-state index contributed by atoms with van der Waals surface area (Å²) in [5.41, 5.74) is 4.68. The Hall–Kier alpha value is -1.50. The zero-order chi connectivity index (χ0) is 18.3. The van der Waals surface area contributed by atoms with Crippen LogP contribution in [-0.2, 0) is 0 Å². The fourth-order valence-electron chi connectivity index (χ4n) is 3.18. The van der Waals surface area contributed by atoms with E-state index in [4.69, 9.17) is 0 Å². The van der Waals surface area contributed by atoms with Gasteiger partial charge in [-0.25, -0.2) is 0 Å². The molecule has 0 aliphatic heterocycles. The first kappa shape index (κ1) is 20.5. The lowest BCUT2D eigenvalue weighted by molar-refractivity contribution is 0.350. The predicted octanol–water partition coefficient (Wildman–Crippen LogP) is 7.45. The predicted molar refractivity (Wildman–Crippen MR) is 107 cm³/mol. The van der Waals surface area contributed by atoms with Gasteiger partial charge in [0, 0.05) is 5.57 Å². The summed E-state index contributed by atoms with van der Waals surface area (Å²) in [5.74, 6) is 0.906. The van der Waals surface area contributed by atoms with Crippen molar-refractivity contribution in [3.63, 3.8) is 0 Å². The van der Waals surface area contributed by atoms with Crippen LogP contribution in [0.25, 0.3) is 0 Å². The lowest BCUT2D eigenvalue weighted by atomic mass is 9.72. The Kier molecular flexibility index (Phi) is 7.79. The molecule has 24 heavy (non-hydrogen) atoms. The van der Waals surface area contributed by atoms with Gasteiger partial charge in [-0.05, 0) is 55.1 Å². The van der Waals surface area contributed by atoms with Crippen LogP contribution in [0.3, 0.4) is 0 Å². The van der Waals surface area contributed by atoms with Gasteiger partial charge in [-0.1, -0.05) is 77.5 Å². The van der Waals surface area contributed by atoms with E-state index in [1.807, 2.05) is 0 Å². The Labute approximate surface area is 149 Å². The number of rotatable bonds is 9. The molecule has 0 aromatic carbocycles. The first-order valence-corrected chi connectivity index (χ1v) is 9.33. The lowest BCUT2D eigenvalue weighted by Crippen LogP contribution is -2.19. The summed E-state index contributed by atoms with van der Waals surface area (Å²) in [6.45, 7) is 19.3. The van der Waals surface area contributed by atoms with Gasteiger partial charge in [0.05, 0.1) is 0 Å². The van der Waals surface area contributed by atoms with E-state index < -0.39 is 0 Å². The van der Waals surface area contributed by atoms with Crippen molar-refractivity contribution in [2.75, 3.05) is 0 Å². The zero-order valence-corrected chi connectivity index (χ0v) is 16.4. The highest BCUT2D eigenvalue weighted by molar-refractivity contribution is 5.50. The molecule has 1 atom stereocenters. The quantitative estimate of drug-likeness (QED) is 0.344. The van der Waals surface area contributed by atoms with Crippen LogP contribution in [0.4, 0.5) is 0 Å². The Morgan fingerprint density at radius 3 is 2.58 bits per heavy atom.